The van der Waals surface area contributed by atoms with E-state index in [1.54, 1.807) is 12.5 Å². The molecule has 4 aromatic carbocycles. The Labute approximate surface area is 251 Å². The molecule has 0 radical (unpaired) electrons. The van der Waals surface area contributed by atoms with Gasteiger partial charge in [0.05, 0.1) is 34.9 Å². The number of pyridine rings is 1. The second-order valence-electron chi connectivity index (χ2n) is 10.7. The summed E-state index contributed by atoms with van der Waals surface area (Å²) in [7, 11) is 0. The fourth-order valence-corrected chi connectivity index (χ4v) is 6.03. The molecule has 9 rings (SSSR count). The van der Waals surface area contributed by atoms with Gasteiger partial charge in [-0.3, -0.25) is 4.98 Å². The predicted octanol–water partition coefficient (Wildman–Crippen LogP) is 10.2. The molecule has 0 atom stereocenters. The third-order valence-corrected chi connectivity index (χ3v) is 8.10. The summed E-state index contributed by atoms with van der Waals surface area (Å²) >= 11 is 0. The van der Waals surface area contributed by atoms with Crippen molar-refractivity contribution in [2.24, 2.45) is 0 Å². The molecule has 6 nitrogen and oxygen atoms in total. The van der Waals surface area contributed by atoms with E-state index in [4.69, 9.17) is 23.2 Å². The predicted molar refractivity (Wildman–Crippen MR) is 172 cm³/mol. The number of hydrogen-bond acceptors (Lipinski definition) is 5. The highest BCUT2D eigenvalue weighted by molar-refractivity contribution is 6.10. The minimum absolute atomic E-state index is 0.589. The Morgan fingerprint density at radius 3 is 2.16 bits per heavy atom. The number of fused-ring (bicyclic) bond motifs is 4. The van der Waals surface area contributed by atoms with Crippen molar-refractivity contribution in [2.75, 3.05) is 0 Å². The van der Waals surface area contributed by atoms with Crippen LogP contribution in [0.2, 0.25) is 0 Å². The molecule has 0 N–H and O–H groups in total. The molecule has 6 heteroatoms. The quantitative estimate of drug-likeness (QED) is 0.206. The molecular weight excluding hydrogens is 546 g/mol. The van der Waals surface area contributed by atoms with Crippen LogP contribution in [0, 0.1) is 0 Å². The summed E-state index contributed by atoms with van der Waals surface area (Å²) < 4.78 is 20.0. The van der Waals surface area contributed by atoms with Gasteiger partial charge < -0.3 is 17.8 Å². The lowest BCUT2D eigenvalue weighted by Gasteiger charge is -2.15. The van der Waals surface area contributed by atoms with Gasteiger partial charge in [-0.15, -0.1) is 0 Å². The first-order valence-electron chi connectivity index (χ1n) is 14.4. The maximum Gasteiger partial charge on any atom is 0.227 e. The van der Waals surface area contributed by atoms with E-state index < -0.39 is 0 Å². The Hall–Kier alpha value is -6.14. The summed E-state index contributed by atoms with van der Waals surface area (Å²) in [5, 5.41) is 2.29. The zero-order valence-corrected chi connectivity index (χ0v) is 23.3. The van der Waals surface area contributed by atoms with E-state index in [2.05, 4.69) is 65.2 Å². The van der Waals surface area contributed by atoms with Crippen molar-refractivity contribution in [1.82, 2.24) is 14.5 Å². The summed E-state index contributed by atoms with van der Waals surface area (Å²) in [6.07, 6.45) is 5.23. The SMILES string of the molecule is c1coc(-c2ccc(-c3ccc(-c4ccco4)c(-n4c5ccccc5c5ccc(-c6nc7ccccc7o6)cc54)c3)nc2)c1. The standard InChI is InChI=1S/C38H23N3O3/c1-3-9-32-27(7-1)28-16-14-25(38-40-31-8-2-4-10-37(31)44-38)22-33(28)41(32)34-21-24(13-17-29(34)36-12-6-20-43-36)30-18-15-26(23-39-30)35-11-5-19-42-35/h1-23H. The van der Waals surface area contributed by atoms with Gasteiger partial charge >= 0.3 is 0 Å². The normalized spacial score (nSPS) is 11.6. The molecule has 0 aliphatic carbocycles. The molecule has 0 saturated heterocycles. The Balaban J connectivity index is 1.28. The first kappa shape index (κ1) is 24.5. The van der Waals surface area contributed by atoms with Crippen LogP contribution in [0.3, 0.4) is 0 Å². The van der Waals surface area contributed by atoms with E-state index in [1.807, 2.05) is 66.9 Å². The molecule has 208 valence electrons. The van der Waals surface area contributed by atoms with Gasteiger partial charge in [0.25, 0.3) is 0 Å². The lowest BCUT2D eigenvalue weighted by molar-refractivity contribution is 0.582. The van der Waals surface area contributed by atoms with E-state index in [-0.39, 0.29) is 0 Å². The van der Waals surface area contributed by atoms with Crippen LogP contribution in [0.1, 0.15) is 0 Å². The van der Waals surface area contributed by atoms with E-state index >= 15 is 0 Å². The topological polar surface area (TPSA) is 70.1 Å². The largest absolute Gasteiger partial charge is 0.464 e. The van der Waals surface area contributed by atoms with Crippen molar-refractivity contribution in [2.45, 2.75) is 0 Å². The number of oxazole rings is 1. The smallest absolute Gasteiger partial charge is 0.227 e. The number of furan rings is 2. The van der Waals surface area contributed by atoms with Gasteiger partial charge in [0.1, 0.15) is 17.0 Å². The Bertz CT molecular complexity index is 2400. The summed E-state index contributed by atoms with van der Waals surface area (Å²) in [6.45, 7) is 0. The first-order valence-corrected chi connectivity index (χ1v) is 14.4. The monoisotopic (exact) mass is 569 g/mol. The Kier molecular flexibility index (Phi) is 5.40. The highest BCUT2D eigenvalue weighted by Gasteiger charge is 2.19. The molecule has 0 amide bonds. The zero-order chi connectivity index (χ0) is 29.0. The summed E-state index contributed by atoms with van der Waals surface area (Å²) in [6, 6.07) is 40.9. The third kappa shape index (κ3) is 3.89. The number of hydrogen-bond donors (Lipinski definition) is 0. The molecule has 0 spiro atoms. The molecular formula is C38H23N3O3. The van der Waals surface area contributed by atoms with Gasteiger partial charge in [-0.2, -0.15) is 0 Å². The van der Waals surface area contributed by atoms with Crippen LogP contribution in [-0.2, 0) is 0 Å². The maximum atomic E-state index is 6.17. The molecule has 9 aromatic rings. The molecule has 5 heterocycles. The fraction of sp³-hybridized carbons (Fsp3) is 0. The van der Waals surface area contributed by atoms with Crippen LogP contribution in [0.15, 0.2) is 153 Å². The molecule has 0 bridgehead atoms. The van der Waals surface area contributed by atoms with Gasteiger partial charge in [-0.1, -0.05) is 42.5 Å². The van der Waals surface area contributed by atoms with Crippen molar-refractivity contribution >= 4 is 32.9 Å². The zero-order valence-electron chi connectivity index (χ0n) is 23.3. The second-order valence-corrected chi connectivity index (χ2v) is 10.7. The van der Waals surface area contributed by atoms with E-state index in [1.165, 1.54) is 0 Å². The minimum Gasteiger partial charge on any atom is -0.464 e. The lowest BCUT2D eigenvalue weighted by atomic mass is 10.0. The van der Waals surface area contributed by atoms with E-state index in [0.29, 0.717) is 5.89 Å². The van der Waals surface area contributed by atoms with Gasteiger partial charge in [0, 0.05) is 39.2 Å². The number of para-hydroxylation sites is 3. The average Bonchev–Trinajstić information content (AvgIpc) is 3.90. The van der Waals surface area contributed by atoms with Gasteiger partial charge in [-0.05, 0) is 78.9 Å². The minimum atomic E-state index is 0.589. The molecule has 0 aliphatic heterocycles. The highest BCUT2D eigenvalue weighted by atomic mass is 16.3. The van der Waals surface area contributed by atoms with Gasteiger partial charge in [-0.25, -0.2) is 4.98 Å². The molecule has 0 aliphatic rings. The van der Waals surface area contributed by atoms with Crippen LogP contribution in [0.25, 0.3) is 84.0 Å². The van der Waals surface area contributed by atoms with Gasteiger partial charge in [0.15, 0.2) is 5.58 Å². The van der Waals surface area contributed by atoms with Crippen molar-refractivity contribution < 1.29 is 13.3 Å². The molecule has 44 heavy (non-hydrogen) atoms. The van der Waals surface area contributed by atoms with Crippen LogP contribution >= 0.6 is 0 Å². The molecule has 0 saturated carbocycles. The molecule has 0 unspecified atom stereocenters. The van der Waals surface area contributed by atoms with Gasteiger partial charge in [0.2, 0.25) is 5.89 Å². The van der Waals surface area contributed by atoms with Crippen molar-refractivity contribution in [1.29, 1.82) is 0 Å². The summed E-state index contributed by atoms with van der Waals surface area (Å²) in [5.74, 6) is 2.16. The van der Waals surface area contributed by atoms with E-state index in [0.717, 1.165) is 78.1 Å². The van der Waals surface area contributed by atoms with Crippen LogP contribution in [0.4, 0.5) is 0 Å². The van der Waals surface area contributed by atoms with Crippen molar-refractivity contribution in [3.05, 3.63) is 140 Å². The molecule has 5 aromatic heterocycles. The second kappa shape index (κ2) is 9.71. The van der Waals surface area contributed by atoms with Crippen molar-refractivity contribution in [3.8, 4) is 51.0 Å². The Morgan fingerprint density at radius 1 is 0.568 bits per heavy atom. The fourth-order valence-electron chi connectivity index (χ4n) is 6.03. The number of nitrogens with zero attached hydrogens (tertiary/aromatic N) is 3. The number of benzene rings is 4. The van der Waals surface area contributed by atoms with E-state index in [9.17, 15) is 0 Å². The van der Waals surface area contributed by atoms with Crippen LogP contribution in [0.5, 0.6) is 0 Å². The summed E-state index contributed by atoms with van der Waals surface area (Å²) in [5.41, 5.74) is 9.37. The molecule has 0 fully saturated rings. The third-order valence-electron chi connectivity index (χ3n) is 8.10. The summed E-state index contributed by atoms with van der Waals surface area (Å²) in [4.78, 5) is 9.58. The lowest BCUT2D eigenvalue weighted by Crippen LogP contribution is -1.98. The highest BCUT2D eigenvalue weighted by Crippen LogP contribution is 2.39. The average molecular weight is 570 g/mol. The van der Waals surface area contributed by atoms with Crippen LogP contribution < -0.4 is 0 Å². The van der Waals surface area contributed by atoms with Crippen molar-refractivity contribution in [3.63, 3.8) is 0 Å². The maximum absolute atomic E-state index is 6.17. The Morgan fingerprint density at radius 2 is 1.34 bits per heavy atom. The number of rotatable bonds is 5. The van der Waals surface area contributed by atoms with Crippen LogP contribution in [-0.4, -0.2) is 14.5 Å². The number of aromatic nitrogens is 3. The first-order chi connectivity index (χ1) is 21.8.